The fourth-order valence-electron chi connectivity index (χ4n) is 3.81. The molecule has 1 aromatic heterocycles. The van der Waals surface area contributed by atoms with Gasteiger partial charge in [-0.1, -0.05) is 79.2 Å². The number of nitrogens with zero attached hydrogens (tertiary/aromatic N) is 2. The van der Waals surface area contributed by atoms with Gasteiger partial charge in [-0.3, -0.25) is 4.79 Å². The average molecular weight is 451 g/mol. The molecule has 1 heterocycles. The quantitative estimate of drug-likeness (QED) is 0.354. The number of aryl methyl sites for hydroxylation is 2. The van der Waals surface area contributed by atoms with E-state index < -0.39 is 6.04 Å². The summed E-state index contributed by atoms with van der Waals surface area (Å²) in [6.07, 6.45) is 0. The van der Waals surface area contributed by atoms with Gasteiger partial charge in [-0.25, -0.2) is 0 Å². The summed E-state index contributed by atoms with van der Waals surface area (Å²) in [6.45, 7) is 6.85. The van der Waals surface area contributed by atoms with Crippen molar-refractivity contribution in [3.05, 3.63) is 113 Å². The largest absolute Gasteiger partial charge is 0.324 e. The van der Waals surface area contributed by atoms with Crippen LogP contribution in [0, 0.1) is 13.8 Å². The zero-order valence-electron chi connectivity index (χ0n) is 19.8. The van der Waals surface area contributed by atoms with Crippen molar-refractivity contribution in [2.45, 2.75) is 32.7 Å². The predicted molar refractivity (Wildman–Crippen MR) is 138 cm³/mol. The fraction of sp³-hybridized carbons (Fsp3) is 0.207. The van der Waals surface area contributed by atoms with Crippen LogP contribution < -0.4 is 10.6 Å². The zero-order valence-corrected chi connectivity index (χ0v) is 19.8. The first-order valence-electron chi connectivity index (χ1n) is 11.6. The van der Waals surface area contributed by atoms with E-state index in [-0.39, 0.29) is 11.8 Å². The van der Waals surface area contributed by atoms with Crippen LogP contribution >= 0.6 is 0 Å². The smallest absolute Gasteiger partial charge is 0.246 e. The van der Waals surface area contributed by atoms with Crippen LogP contribution in [0.15, 0.2) is 91.0 Å². The highest BCUT2D eigenvalue weighted by Crippen LogP contribution is 2.22. The second-order valence-corrected chi connectivity index (χ2v) is 8.69. The maximum atomic E-state index is 13.3. The standard InChI is InChI=1S/C29H30N4O/c1-20-9-12-23(13-10-20)21(2)19-30-28(25-7-5-4-6-8-25)29(34)31-26-16-14-24(15-17-26)27-18-11-22(3)32-33-27/h4-18,21,28,30H,19H2,1-3H3,(H,31,34)/t21-,28-/m0/s1. The zero-order chi connectivity index (χ0) is 23.9. The molecule has 1 amide bonds. The van der Waals surface area contributed by atoms with E-state index in [0.29, 0.717) is 6.54 Å². The van der Waals surface area contributed by atoms with Crippen molar-refractivity contribution < 1.29 is 4.79 Å². The van der Waals surface area contributed by atoms with Crippen molar-refractivity contribution >= 4 is 11.6 Å². The van der Waals surface area contributed by atoms with Gasteiger partial charge in [0.25, 0.3) is 0 Å². The molecular weight excluding hydrogens is 420 g/mol. The van der Waals surface area contributed by atoms with Crippen molar-refractivity contribution in [3.63, 3.8) is 0 Å². The minimum absolute atomic E-state index is 0.0924. The Hall–Kier alpha value is -3.83. The molecule has 172 valence electrons. The van der Waals surface area contributed by atoms with Gasteiger partial charge in [-0.15, -0.1) is 0 Å². The fourth-order valence-corrected chi connectivity index (χ4v) is 3.81. The van der Waals surface area contributed by atoms with Crippen molar-refractivity contribution in [1.29, 1.82) is 0 Å². The van der Waals surface area contributed by atoms with E-state index >= 15 is 0 Å². The molecule has 0 saturated carbocycles. The highest BCUT2D eigenvalue weighted by Gasteiger charge is 2.21. The molecule has 2 N–H and O–H groups in total. The Morgan fingerprint density at radius 3 is 2.15 bits per heavy atom. The predicted octanol–water partition coefficient (Wildman–Crippen LogP) is 5.83. The van der Waals surface area contributed by atoms with Crippen molar-refractivity contribution in [2.75, 3.05) is 11.9 Å². The third-order valence-corrected chi connectivity index (χ3v) is 5.92. The molecule has 3 aromatic carbocycles. The number of hydrogen-bond acceptors (Lipinski definition) is 4. The number of aromatic nitrogens is 2. The lowest BCUT2D eigenvalue weighted by Crippen LogP contribution is -2.35. The Morgan fingerprint density at radius 2 is 1.50 bits per heavy atom. The number of rotatable bonds is 8. The van der Waals surface area contributed by atoms with Gasteiger partial charge in [0.2, 0.25) is 5.91 Å². The molecule has 0 aliphatic heterocycles. The summed E-state index contributed by atoms with van der Waals surface area (Å²) >= 11 is 0. The molecule has 4 rings (SSSR count). The van der Waals surface area contributed by atoms with Crippen LogP contribution in [-0.4, -0.2) is 22.6 Å². The van der Waals surface area contributed by atoms with Gasteiger partial charge in [0.1, 0.15) is 6.04 Å². The SMILES string of the molecule is Cc1ccc([C@@H](C)CN[C@H](C(=O)Nc2ccc(-c3ccc(C)nn3)cc2)c2ccccc2)cc1. The Kier molecular flexibility index (Phi) is 7.45. The molecule has 0 bridgehead atoms. The molecular formula is C29H30N4O. The van der Waals surface area contributed by atoms with Crippen molar-refractivity contribution in [3.8, 4) is 11.3 Å². The Labute approximate surface area is 201 Å². The van der Waals surface area contributed by atoms with Gasteiger partial charge in [0.05, 0.1) is 11.4 Å². The summed E-state index contributed by atoms with van der Waals surface area (Å²) in [5.41, 5.74) is 6.80. The maximum absolute atomic E-state index is 13.3. The molecule has 0 spiro atoms. The normalized spacial score (nSPS) is 12.7. The molecule has 4 aromatic rings. The second kappa shape index (κ2) is 10.9. The van der Waals surface area contributed by atoms with E-state index in [0.717, 1.165) is 28.2 Å². The molecule has 0 unspecified atom stereocenters. The van der Waals surface area contributed by atoms with E-state index in [1.807, 2.05) is 73.7 Å². The maximum Gasteiger partial charge on any atom is 0.246 e. The first-order valence-corrected chi connectivity index (χ1v) is 11.6. The van der Waals surface area contributed by atoms with E-state index in [2.05, 4.69) is 58.9 Å². The summed E-state index contributed by atoms with van der Waals surface area (Å²) in [5, 5.41) is 14.9. The number of hydrogen-bond donors (Lipinski definition) is 2. The van der Waals surface area contributed by atoms with Gasteiger partial charge >= 0.3 is 0 Å². The number of benzene rings is 3. The van der Waals surface area contributed by atoms with Crippen LogP contribution in [0.2, 0.25) is 0 Å². The van der Waals surface area contributed by atoms with Crippen molar-refractivity contribution in [2.24, 2.45) is 0 Å². The second-order valence-electron chi connectivity index (χ2n) is 8.69. The number of nitrogens with one attached hydrogen (secondary N) is 2. The van der Waals surface area contributed by atoms with Gasteiger partial charge in [-0.2, -0.15) is 10.2 Å². The minimum atomic E-state index is -0.461. The highest BCUT2D eigenvalue weighted by atomic mass is 16.2. The van der Waals surface area contributed by atoms with Crippen LogP contribution in [0.5, 0.6) is 0 Å². The van der Waals surface area contributed by atoms with Crippen LogP contribution in [0.1, 0.15) is 41.3 Å². The summed E-state index contributed by atoms with van der Waals surface area (Å²) in [4.78, 5) is 13.3. The summed E-state index contributed by atoms with van der Waals surface area (Å²) in [6, 6.07) is 29.5. The molecule has 0 aliphatic rings. The Balaban J connectivity index is 1.46. The van der Waals surface area contributed by atoms with E-state index in [1.54, 1.807) is 0 Å². The third-order valence-electron chi connectivity index (χ3n) is 5.92. The van der Waals surface area contributed by atoms with Crippen molar-refractivity contribution in [1.82, 2.24) is 15.5 Å². The third kappa shape index (κ3) is 5.94. The Bertz CT molecular complexity index is 1200. The molecule has 5 heteroatoms. The number of anilines is 1. The summed E-state index contributed by atoms with van der Waals surface area (Å²) in [5.74, 6) is 0.180. The lowest BCUT2D eigenvalue weighted by Gasteiger charge is -2.22. The number of carbonyl (C=O) groups is 1. The van der Waals surface area contributed by atoms with Crippen LogP contribution in [-0.2, 0) is 4.79 Å². The summed E-state index contributed by atoms with van der Waals surface area (Å²) < 4.78 is 0. The van der Waals surface area contributed by atoms with E-state index in [9.17, 15) is 4.79 Å². The molecule has 0 radical (unpaired) electrons. The van der Waals surface area contributed by atoms with Gasteiger partial charge < -0.3 is 10.6 Å². The van der Waals surface area contributed by atoms with Gasteiger partial charge in [-0.05, 0) is 55.2 Å². The first kappa shape index (κ1) is 23.3. The monoisotopic (exact) mass is 450 g/mol. The average Bonchev–Trinajstić information content (AvgIpc) is 2.86. The molecule has 0 aliphatic carbocycles. The van der Waals surface area contributed by atoms with Crippen LogP contribution in [0.4, 0.5) is 5.69 Å². The van der Waals surface area contributed by atoms with Gasteiger partial charge in [0, 0.05) is 17.8 Å². The van der Waals surface area contributed by atoms with Crippen LogP contribution in [0.3, 0.4) is 0 Å². The highest BCUT2D eigenvalue weighted by molar-refractivity contribution is 5.95. The number of amides is 1. The first-order chi connectivity index (χ1) is 16.5. The molecule has 34 heavy (non-hydrogen) atoms. The lowest BCUT2D eigenvalue weighted by atomic mass is 9.98. The van der Waals surface area contributed by atoms with Crippen LogP contribution in [0.25, 0.3) is 11.3 Å². The van der Waals surface area contributed by atoms with E-state index in [1.165, 1.54) is 11.1 Å². The van der Waals surface area contributed by atoms with E-state index in [4.69, 9.17) is 0 Å². The summed E-state index contributed by atoms with van der Waals surface area (Å²) in [7, 11) is 0. The Morgan fingerprint density at radius 1 is 0.794 bits per heavy atom. The lowest BCUT2D eigenvalue weighted by molar-refractivity contribution is -0.118. The van der Waals surface area contributed by atoms with Gasteiger partial charge in [0.15, 0.2) is 0 Å². The number of carbonyl (C=O) groups excluding carboxylic acids is 1. The molecule has 5 nitrogen and oxygen atoms in total. The molecule has 2 atom stereocenters. The minimum Gasteiger partial charge on any atom is -0.324 e. The molecule has 0 saturated heterocycles. The molecule has 0 fully saturated rings. The topological polar surface area (TPSA) is 66.9 Å².